The highest BCUT2D eigenvalue weighted by atomic mass is 32.2. The van der Waals surface area contributed by atoms with E-state index in [9.17, 15) is 12.8 Å². The SMILES string of the molecule is N#Cc1cc(F)cc(CS(=O)(=O)CCCN)c1. The number of nitrogens with two attached hydrogens (primary N) is 1. The van der Waals surface area contributed by atoms with Crippen molar-refractivity contribution in [1.29, 1.82) is 5.26 Å². The zero-order valence-corrected chi connectivity index (χ0v) is 10.0. The minimum Gasteiger partial charge on any atom is -0.330 e. The van der Waals surface area contributed by atoms with E-state index in [1.165, 1.54) is 6.07 Å². The third-order valence-corrected chi connectivity index (χ3v) is 3.82. The molecule has 17 heavy (non-hydrogen) atoms. The third kappa shape index (κ3) is 4.51. The minimum atomic E-state index is -3.29. The topological polar surface area (TPSA) is 84.0 Å². The smallest absolute Gasteiger partial charge is 0.154 e. The van der Waals surface area contributed by atoms with Crippen molar-refractivity contribution >= 4 is 9.84 Å². The van der Waals surface area contributed by atoms with Gasteiger partial charge >= 0.3 is 0 Å². The summed E-state index contributed by atoms with van der Waals surface area (Å²) in [5.41, 5.74) is 5.64. The zero-order valence-electron chi connectivity index (χ0n) is 9.19. The molecule has 2 N–H and O–H groups in total. The van der Waals surface area contributed by atoms with E-state index in [4.69, 9.17) is 11.0 Å². The Balaban J connectivity index is 2.89. The number of nitrogens with zero attached hydrogens (tertiary/aromatic N) is 1. The molecule has 0 heterocycles. The Hall–Kier alpha value is -1.45. The average molecular weight is 256 g/mol. The van der Waals surface area contributed by atoms with Crippen LogP contribution in [0.2, 0.25) is 0 Å². The molecular weight excluding hydrogens is 243 g/mol. The van der Waals surface area contributed by atoms with Gasteiger partial charge in [0, 0.05) is 0 Å². The van der Waals surface area contributed by atoms with Gasteiger partial charge in [-0.3, -0.25) is 0 Å². The number of hydrogen-bond donors (Lipinski definition) is 1. The van der Waals surface area contributed by atoms with Gasteiger partial charge in [0.15, 0.2) is 9.84 Å². The predicted octanol–water partition coefficient (Wildman–Crippen LogP) is 0.961. The first-order valence-corrected chi connectivity index (χ1v) is 6.89. The van der Waals surface area contributed by atoms with Crippen molar-refractivity contribution in [3.63, 3.8) is 0 Å². The van der Waals surface area contributed by atoms with E-state index >= 15 is 0 Å². The Morgan fingerprint density at radius 2 is 2.06 bits per heavy atom. The molecule has 0 aliphatic rings. The number of rotatable bonds is 5. The summed E-state index contributed by atoms with van der Waals surface area (Å²) >= 11 is 0. The number of halogens is 1. The molecule has 0 aliphatic heterocycles. The summed E-state index contributed by atoms with van der Waals surface area (Å²) in [4.78, 5) is 0. The first kappa shape index (κ1) is 13.6. The molecule has 92 valence electrons. The largest absolute Gasteiger partial charge is 0.330 e. The quantitative estimate of drug-likeness (QED) is 0.850. The molecule has 0 atom stereocenters. The van der Waals surface area contributed by atoms with Gasteiger partial charge in [0.05, 0.1) is 23.1 Å². The molecular formula is C11H13FN2O2S. The Kier molecular flexibility index (Phi) is 4.61. The fourth-order valence-corrected chi connectivity index (χ4v) is 2.85. The molecule has 4 nitrogen and oxygen atoms in total. The molecule has 0 unspecified atom stereocenters. The maximum absolute atomic E-state index is 13.1. The molecule has 0 fully saturated rings. The Morgan fingerprint density at radius 3 is 2.65 bits per heavy atom. The Bertz CT molecular complexity index is 535. The van der Waals surface area contributed by atoms with Crippen molar-refractivity contribution in [2.24, 2.45) is 5.73 Å². The third-order valence-electron chi connectivity index (χ3n) is 2.13. The van der Waals surface area contributed by atoms with E-state index in [1.807, 2.05) is 0 Å². The van der Waals surface area contributed by atoms with Crippen LogP contribution in [0.4, 0.5) is 4.39 Å². The fraction of sp³-hybridized carbons (Fsp3) is 0.364. The first-order valence-electron chi connectivity index (χ1n) is 5.07. The van der Waals surface area contributed by atoms with Crippen molar-refractivity contribution < 1.29 is 12.8 Å². The van der Waals surface area contributed by atoms with E-state index in [-0.39, 0.29) is 17.1 Å². The second kappa shape index (κ2) is 5.75. The van der Waals surface area contributed by atoms with Crippen molar-refractivity contribution in [2.75, 3.05) is 12.3 Å². The Labute approximate surface area is 99.8 Å². The van der Waals surface area contributed by atoms with E-state index in [0.717, 1.165) is 12.1 Å². The lowest BCUT2D eigenvalue weighted by Crippen LogP contribution is -2.13. The minimum absolute atomic E-state index is 0.0259. The normalized spacial score (nSPS) is 11.1. The van der Waals surface area contributed by atoms with Crippen molar-refractivity contribution in [1.82, 2.24) is 0 Å². The van der Waals surface area contributed by atoms with E-state index < -0.39 is 15.7 Å². The van der Waals surface area contributed by atoms with Crippen LogP contribution in [0, 0.1) is 17.1 Å². The summed E-state index contributed by atoms with van der Waals surface area (Å²) in [6.45, 7) is 0.297. The summed E-state index contributed by atoms with van der Waals surface area (Å²) in [5.74, 6) is -0.894. The molecule has 1 aromatic carbocycles. The number of sulfone groups is 1. The molecule has 0 aromatic heterocycles. The van der Waals surface area contributed by atoms with Crippen LogP contribution in [-0.4, -0.2) is 20.7 Å². The maximum Gasteiger partial charge on any atom is 0.154 e. The molecule has 0 saturated heterocycles. The zero-order chi connectivity index (χ0) is 12.9. The van der Waals surface area contributed by atoms with Gasteiger partial charge in [0.1, 0.15) is 5.82 Å². The van der Waals surface area contributed by atoms with Crippen LogP contribution in [0.3, 0.4) is 0 Å². The molecule has 1 rings (SSSR count). The lowest BCUT2D eigenvalue weighted by atomic mass is 10.1. The van der Waals surface area contributed by atoms with Gasteiger partial charge in [0.25, 0.3) is 0 Å². The first-order chi connectivity index (χ1) is 7.96. The highest BCUT2D eigenvalue weighted by molar-refractivity contribution is 7.90. The van der Waals surface area contributed by atoms with Crippen molar-refractivity contribution in [3.8, 4) is 6.07 Å². The summed E-state index contributed by atoms with van der Waals surface area (Å²) in [6.07, 6.45) is 0.378. The molecule has 6 heteroatoms. The van der Waals surface area contributed by atoms with Crippen LogP contribution in [0.15, 0.2) is 18.2 Å². The summed E-state index contributed by atoms with van der Waals surface area (Å²) < 4.78 is 36.3. The van der Waals surface area contributed by atoms with E-state index in [2.05, 4.69) is 0 Å². The van der Waals surface area contributed by atoms with Crippen LogP contribution in [0.5, 0.6) is 0 Å². The van der Waals surface area contributed by atoms with E-state index in [1.54, 1.807) is 6.07 Å². The standard InChI is InChI=1S/C11H13FN2O2S/c12-11-5-9(7-14)4-10(6-11)8-17(15,16)3-1-2-13/h4-6H,1-3,8,13H2. The molecule has 0 bridgehead atoms. The molecule has 0 saturated carbocycles. The fourth-order valence-electron chi connectivity index (χ4n) is 1.43. The summed E-state index contributed by atoms with van der Waals surface area (Å²) in [5, 5.41) is 8.64. The molecule has 0 amide bonds. The maximum atomic E-state index is 13.1. The predicted molar refractivity (Wildman–Crippen MR) is 62.3 cm³/mol. The molecule has 1 aromatic rings. The number of benzene rings is 1. The van der Waals surface area contributed by atoms with Gasteiger partial charge < -0.3 is 5.73 Å². The summed E-state index contributed by atoms with van der Waals surface area (Å²) in [7, 11) is -3.29. The number of hydrogen-bond acceptors (Lipinski definition) is 4. The number of nitriles is 1. The van der Waals surface area contributed by atoms with E-state index in [0.29, 0.717) is 18.5 Å². The van der Waals surface area contributed by atoms with Crippen LogP contribution >= 0.6 is 0 Å². The van der Waals surface area contributed by atoms with Crippen molar-refractivity contribution in [2.45, 2.75) is 12.2 Å². The second-order valence-corrected chi connectivity index (χ2v) is 5.88. The highest BCUT2D eigenvalue weighted by Gasteiger charge is 2.12. The monoisotopic (exact) mass is 256 g/mol. The van der Waals surface area contributed by atoms with Crippen LogP contribution < -0.4 is 5.73 Å². The lowest BCUT2D eigenvalue weighted by molar-refractivity contribution is 0.592. The van der Waals surface area contributed by atoms with Crippen LogP contribution in [0.25, 0.3) is 0 Å². The second-order valence-electron chi connectivity index (χ2n) is 3.69. The van der Waals surface area contributed by atoms with Gasteiger partial charge in [-0.1, -0.05) is 0 Å². The Morgan fingerprint density at radius 1 is 1.35 bits per heavy atom. The van der Waals surface area contributed by atoms with Gasteiger partial charge in [0.2, 0.25) is 0 Å². The highest BCUT2D eigenvalue weighted by Crippen LogP contribution is 2.12. The van der Waals surface area contributed by atoms with Crippen LogP contribution in [0.1, 0.15) is 17.5 Å². The van der Waals surface area contributed by atoms with Gasteiger partial charge in [-0.05, 0) is 36.7 Å². The van der Waals surface area contributed by atoms with Crippen LogP contribution in [-0.2, 0) is 15.6 Å². The molecule has 0 spiro atoms. The average Bonchev–Trinajstić information content (AvgIpc) is 2.25. The van der Waals surface area contributed by atoms with Gasteiger partial charge in [-0.2, -0.15) is 5.26 Å². The molecule has 0 aliphatic carbocycles. The molecule has 0 radical (unpaired) electrons. The van der Waals surface area contributed by atoms with Gasteiger partial charge in [-0.25, -0.2) is 12.8 Å². The van der Waals surface area contributed by atoms with Crippen molar-refractivity contribution in [3.05, 3.63) is 35.1 Å². The lowest BCUT2D eigenvalue weighted by Gasteiger charge is -2.04. The summed E-state index contributed by atoms with van der Waals surface area (Å²) in [6, 6.07) is 5.35. The van der Waals surface area contributed by atoms with Gasteiger partial charge in [-0.15, -0.1) is 0 Å².